The van der Waals surface area contributed by atoms with E-state index in [4.69, 9.17) is 9.47 Å². The van der Waals surface area contributed by atoms with Crippen LogP contribution in [0.1, 0.15) is 56.9 Å². The second kappa shape index (κ2) is 11.2. The number of hydrogen-bond acceptors (Lipinski definition) is 4. The summed E-state index contributed by atoms with van der Waals surface area (Å²) in [6.07, 6.45) is 0.353. The van der Waals surface area contributed by atoms with Crippen molar-refractivity contribution < 1.29 is 19.1 Å². The third-order valence-electron chi connectivity index (χ3n) is 9.07. The molecule has 7 nitrogen and oxygen atoms in total. The Morgan fingerprint density at radius 1 is 0.976 bits per heavy atom. The van der Waals surface area contributed by atoms with Crippen molar-refractivity contribution in [2.24, 2.45) is 11.3 Å². The minimum atomic E-state index is -1.15. The molecule has 5 rings (SSSR count). The van der Waals surface area contributed by atoms with Gasteiger partial charge in [0.2, 0.25) is 11.8 Å². The molecule has 0 saturated heterocycles. The largest absolute Gasteiger partial charge is 0.497 e. The number of ether oxygens (including phenoxy) is 2. The molecule has 1 saturated carbocycles. The van der Waals surface area contributed by atoms with Crippen molar-refractivity contribution in [3.05, 3.63) is 89.6 Å². The number of benzene rings is 3. The Kier molecular flexibility index (Phi) is 7.80. The Balaban J connectivity index is 1.42. The van der Waals surface area contributed by atoms with Gasteiger partial charge in [0.1, 0.15) is 17.0 Å². The van der Waals surface area contributed by atoms with Crippen LogP contribution in [0.25, 0.3) is 10.9 Å². The molecule has 2 N–H and O–H groups in total. The normalized spacial score (nSPS) is 17.5. The van der Waals surface area contributed by atoms with Crippen molar-refractivity contribution in [3.8, 4) is 11.5 Å². The summed E-state index contributed by atoms with van der Waals surface area (Å²) in [6.45, 7) is 10.5. The molecule has 0 bridgehead atoms. The Hall–Kier alpha value is -4.26. The summed E-state index contributed by atoms with van der Waals surface area (Å²) in [7, 11) is 3.12. The van der Waals surface area contributed by atoms with Gasteiger partial charge in [0.05, 0.1) is 19.9 Å². The maximum Gasteiger partial charge on any atom is 0.249 e. The number of aryl methyl sites for hydroxylation is 1. The zero-order chi connectivity index (χ0) is 30.2. The molecule has 1 fully saturated rings. The number of nitrogens with one attached hydrogen (secondary N) is 2. The van der Waals surface area contributed by atoms with Gasteiger partial charge in [-0.1, -0.05) is 62.4 Å². The Morgan fingerprint density at radius 3 is 2.36 bits per heavy atom. The zero-order valence-corrected chi connectivity index (χ0v) is 25.6. The standard InChI is InChI=1S/C35H41N3O4/c1-22-31(25-15-11-12-16-27(25)36-22)32-26(34(32,2)3)20-30(39)38(21-23-13-9-8-10-14-23)35(4,5)33(40)37-28-18-17-24(41-6)19-29(28)42-7/h8-19,26,32,36H,20-21H2,1-7H3,(H,37,40)/t26-,32+/m1/s1. The molecule has 4 aromatic rings. The lowest BCUT2D eigenvalue weighted by atomic mass is 9.97. The number of methoxy groups -OCH3 is 2. The molecule has 0 spiro atoms. The fourth-order valence-electron chi connectivity index (χ4n) is 6.36. The molecule has 0 radical (unpaired) electrons. The third kappa shape index (κ3) is 5.36. The fourth-order valence-corrected chi connectivity index (χ4v) is 6.36. The van der Waals surface area contributed by atoms with Crippen LogP contribution in [-0.2, 0) is 16.1 Å². The highest BCUT2D eigenvalue weighted by molar-refractivity contribution is 6.01. The highest BCUT2D eigenvalue weighted by Crippen LogP contribution is 2.67. The molecule has 1 aromatic heterocycles. The minimum absolute atomic E-state index is 0.0428. The number of H-pyrrole nitrogens is 1. The highest BCUT2D eigenvalue weighted by atomic mass is 16.5. The van der Waals surface area contributed by atoms with E-state index in [9.17, 15) is 9.59 Å². The van der Waals surface area contributed by atoms with Crippen molar-refractivity contribution in [1.29, 1.82) is 0 Å². The lowest BCUT2D eigenvalue weighted by Crippen LogP contribution is -2.54. The summed E-state index contributed by atoms with van der Waals surface area (Å²) in [5.41, 5.74) is 3.85. The predicted octanol–water partition coefficient (Wildman–Crippen LogP) is 7.07. The summed E-state index contributed by atoms with van der Waals surface area (Å²) in [4.78, 5) is 33.4. The number of anilines is 1. The van der Waals surface area contributed by atoms with Crippen LogP contribution in [0.4, 0.5) is 5.69 Å². The SMILES string of the molecule is COc1ccc(NC(=O)C(C)(C)N(Cc2ccccc2)C(=O)C[C@@H]2[C@@H](c3c(C)[nH]c4ccccc34)C2(C)C)c(OC)c1. The Morgan fingerprint density at radius 2 is 1.67 bits per heavy atom. The van der Waals surface area contributed by atoms with Crippen LogP contribution in [-0.4, -0.2) is 41.5 Å². The van der Waals surface area contributed by atoms with E-state index in [1.54, 1.807) is 51.2 Å². The van der Waals surface area contributed by atoms with Gasteiger partial charge in [-0.2, -0.15) is 0 Å². The van der Waals surface area contributed by atoms with Gasteiger partial charge in [-0.3, -0.25) is 9.59 Å². The van der Waals surface area contributed by atoms with Gasteiger partial charge in [0.25, 0.3) is 0 Å². The van der Waals surface area contributed by atoms with Crippen LogP contribution >= 0.6 is 0 Å². The van der Waals surface area contributed by atoms with E-state index in [0.29, 0.717) is 30.2 Å². The number of nitrogens with zero attached hydrogens (tertiary/aromatic N) is 1. The molecule has 2 atom stereocenters. The first kappa shape index (κ1) is 29.2. The molecule has 3 aromatic carbocycles. The number of hydrogen-bond donors (Lipinski definition) is 2. The van der Waals surface area contributed by atoms with Crippen molar-refractivity contribution in [3.63, 3.8) is 0 Å². The summed E-state index contributed by atoms with van der Waals surface area (Å²) in [6, 6.07) is 23.4. The molecule has 1 heterocycles. The molecule has 1 aliphatic carbocycles. The highest BCUT2D eigenvalue weighted by Gasteiger charge is 2.60. The van der Waals surface area contributed by atoms with Crippen molar-refractivity contribution >= 4 is 28.4 Å². The van der Waals surface area contributed by atoms with Crippen molar-refractivity contribution in [2.45, 2.75) is 59.0 Å². The topological polar surface area (TPSA) is 83.7 Å². The molecule has 0 unspecified atom stereocenters. The van der Waals surface area contributed by atoms with Crippen LogP contribution in [0.5, 0.6) is 11.5 Å². The van der Waals surface area contributed by atoms with Gasteiger partial charge < -0.3 is 24.7 Å². The molecular formula is C35H41N3O4. The van der Waals surface area contributed by atoms with Crippen LogP contribution < -0.4 is 14.8 Å². The van der Waals surface area contributed by atoms with Gasteiger partial charge in [0, 0.05) is 35.6 Å². The molecular weight excluding hydrogens is 526 g/mol. The summed E-state index contributed by atoms with van der Waals surface area (Å²) >= 11 is 0. The molecule has 7 heteroatoms. The van der Waals surface area contributed by atoms with E-state index in [1.807, 2.05) is 36.4 Å². The average molecular weight is 568 g/mol. The lowest BCUT2D eigenvalue weighted by Gasteiger charge is -2.38. The number of rotatable bonds is 10. The van der Waals surface area contributed by atoms with Gasteiger partial charge >= 0.3 is 0 Å². The van der Waals surface area contributed by atoms with E-state index in [2.05, 4.69) is 49.3 Å². The fraction of sp³-hybridized carbons (Fsp3) is 0.371. The maximum absolute atomic E-state index is 14.3. The van der Waals surface area contributed by atoms with Gasteiger partial charge in [-0.25, -0.2) is 0 Å². The third-order valence-corrected chi connectivity index (χ3v) is 9.07. The van der Waals surface area contributed by atoms with E-state index in [1.165, 1.54) is 10.9 Å². The predicted molar refractivity (Wildman–Crippen MR) is 167 cm³/mol. The number of carbonyl (C=O) groups excluding carboxylic acids is 2. The number of fused-ring (bicyclic) bond motifs is 1. The lowest BCUT2D eigenvalue weighted by molar-refractivity contribution is -0.145. The van der Waals surface area contributed by atoms with Crippen LogP contribution in [0.3, 0.4) is 0 Å². The van der Waals surface area contributed by atoms with Crippen LogP contribution in [0.15, 0.2) is 72.8 Å². The smallest absolute Gasteiger partial charge is 0.249 e. The number of amides is 2. The van der Waals surface area contributed by atoms with E-state index in [0.717, 1.165) is 16.8 Å². The van der Waals surface area contributed by atoms with E-state index >= 15 is 0 Å². The zero-order valence-electron chi connectivity index (χ0n) is 25.6. The molecule has 42 heavy (non-hydrogen) atoms. The number of aromatic amines is 1. The average Bonchev–Trinajstić information content (AvgIpc) is 3.32. The number of aromatic nitrogens is 1. The first-order valence-corrected chi connectivity index (χ1v) is 14.4. The quantitative estimate of drug-likeness (QED) is 0.215. The first-order valence-electron chi connectivity index (χ1n) is 14.4. The van der Waals surface area contributed by atoms with Gasteiger partial charge in [0.15, 0.2) is 0 Å². The van der Waals surface area contributed by atoms with Crippen molar-refractivity contribution in [2.75, 3.05) is 19.5 Å². The molecule has 2 amide bonds. The summed E-state index contributed by atoms with van der Waals surface area (Å²) < 4.78 is 10.8. The van der Waals surface area contributed by atoms with E-state index < -0.39 is 5.54 Å². The second-order valence-corrected chi connectivity index (χ2v) is 12.4. The van der Waals surface area contributed by atoms with Gasteiger partial charge in [-0.15, -0.1) is 0 Å². The monoisotopic (exact) mass is 567 g/mol. The van der Waals surface area contributed by atoms with Crippen molar-refractivity contribution in [1.82, 2.24) is 9.88 Å². The van der Waals surface area contributed by atoms with E-state index in [-0.39, 0.29) is 29.1 Å². The summed E-state index contributed by atoms with van der Waals surface area (Å²) in [5.74, 6) is 1.17. The first-order chi connectivity index (χ1) is 20.0. The van der Waals surface area contributed by atoms with Gasteiger partial charge in [-0.05, 0) is 67.3 Å². The Bertz CT molecular complexity index is 1610. The van der Waals surface area contributed by atoms with Crippen LogP contribution in [0, 0.1) is 18.3 Å². The minimum Gasteiger partial charge on any atom is -0.497 e. The molecule has 1 aliphatic rings. The number of carbonyl (C=O) groups is 2. The second-order valence-electron chi connectivity index (χ2n) is 12.4. The Labute approximate surface area is 248 Å². The maximum atomic E-state index is 14.3. The number of para-hydroxylation sites is 1. The molecule has 220 valence electrons. The molecule has 0 aliphatic heterocycles. The van der Waals surface area contributed by atoms with Crippen LogP contribution in [0.2, 0.25) is 0 Å². The summed E-state index contributed by atoms with van der Waals surface area (Å²) in [5, 5.41) is 4.22.